The topological polar surface area (TPSA) is 93.7 Å². The molecule has 0 amide bonds. The quantitative estimate of drug-likeness (QED) is 0.119. The second-order valence-electron chi connectivity index (χ2n) is 22.2. The van der Waals surface area contributed by atoms with Crippen LogP contribution in [-0.4, -0.2) is 39.0 Å². The fourth-order valence-corrected chi connectivity index (χ4v) is 14.4. The number of fused-ring (bicyclic) bond motifs is 11. The van der Waals surface area contributed by atoms with E-state index in [1.807, 2.05) is 84.1 Å². The van der Waals surface area contributed by atoms with Crippen LogP contribution in [0.5, 0.6) is 0 Å². The highest BCUT2D eigenvalue weighted by atomic mass is 32.1. The minimum atomic E-state index is 0.537. The summed E-state index contributed by atoms with van der Waals surface area (Å²) in [4.78, 5) is 37.8. The van der Waals surface area contributed by atoms with Crippen LogP contribution < -0.4 is 9.80 Å². The normalized spacial score (nSPS) is 12.0. The van der Waals surface area contributed by atoms with Gasteiger partial charge < -0.3 is 9.80 Å². The zero-order chi connectivity index (χ0) is 58.8. The van der Waals surface area contributed by atoms with E-state index in [0.717, 1.165) is 108 Å². The van der Waals surface area contributed by atoms with Gasteiger partial charge in [-0.25, -0.2) is 9.97 Å². The highest BCUT2D eigenvalue weighted by Gasteiger charge is 2.32. The summed E-state index contributed by atoms with van der Waals surface area (Å²) >= 11 is 1.87. The number of aryl methyl sites for hydroxylation is 1. The van der Waals surface area contributed by atoms with E-state index in [-0.39, 0.29) is 0 Å². The highest BCUT2D eigenvalue weighted by Crippen LogP contribution is 2.53. The van der Waals surface area contributed by atoms with Gasteiger partial charge in [-0.05, 0) is 115 Å². The Morgan fingerprint density at radius 2 is 0.663 bits per heavy atom. The third-order valence-corrected chi connectivity index (χ3v) is 18.2. The lowest BCUT2D eigenvalue weighted by Gasteiger charge is -2.25. The number of hydrogen-bond donors (Lipinski definition) is 0. The van der Waals surface area contributed by atoms with E-state index in [0.29, 0.717) is 35.2 Å². The van der Waals surface area contributed by atoms with Crippen molar-refractivity contribution in [2.45, 2.75) is 12.8 Å². The maximum Gasteiger partial charge on any atom is 0.238 e. The molecule has 0 saturated carbocycles. The van der Waals surface area contributed by atoms with Crippen LogP contribution in [0, 0.1) is 0 Å². The Labute approximate surface area is 517 Å². The lowest BCUT2D eigenvalue weighted by molar-refractivity contribution is 0.831. The molecule has 0 radical (unpaired) electrons. The molecule has 5 heterocycles. The van der Waals surface area contributed by atoms with Gasteiger partial charge in [-0.3, -0.25) is 9.13 Å². The number of benzene rings is 11. The number of nitrogens with zero attached hydrogens (tertiary/aromatic N) is 10. The summed E-state index contributed by atoms with van der Waals surface area (Å²) in [5, 5.41) is 4.55. The van der Waals surface area contributed by atoms with Gasteiger partial charge in [-0.15, -0.1) is 11.3 Å². The zero-order valence-corrected chi connectivity index (χ0v) is 48.8. The average molecular weight is 1160 g/mol. The van der Waals surface area contributed by atoms with Crippen molar-refractivity contribution >= 4 is 88.3 Å². The molecule has 5 aromatic heterocycles. The molecule has 0 fully saturated rings. The summed E-state index contributed by atoms with van der Waals surface area (Å²) < 4.78 is 5.77. The Bertz CT molecular complexity index is 5100. The van der Waals surface area contributed by atoms with Gasteiger partial charge in [0.25, 0.3) is 0 Å². The van der Waals surface area contributed by atoms with Crippen LogP contribution in [0.15, 0.2) is 291 Å². The number of rotatable bonds is 12. The molecule has 1 aliphatic rings. The van der Waals surface area contributed by atoms with Crippen molar-refractivity contribution in [1.82, 2.24) is 39.0 Å². The van der Waals surface area contributed by atoms with Crippen molar-refractivity contribution in [3.63, 3.8) is 0 Å². The van der Waals surface area contributed by atoms with Gasteiger partial charge in [0.1, 0.15) is 0 Å². The van der Waals surface area contributed by atoms with E-state index in [4.69, 9.17) is 29.9 Å². The first-order valence-electron chi connectivity index (χ1n) is 29.9. The van der Waals surface area contributed by atoms with Crippen molar-refractivity contribution in [1.29, 1.82) is 0 Å². The molecule has 0 bridgehead atoms. The van der Waals surface area contributed by atoms with Crippen molar-refractivity contribution in [2.24, 2.45) is 0 Å². The van der Waals surface area contributed by atoms with Crippen LogP contribution in [0.2, 0.25) is 0 Å². The number of thiophene rings is 1. The fraction of sp³-hybridized carbons (Fsp3) is 0.0256. The van der Waals surface area contributed by atoms with Crippen LogP contribution in [0.1, 0.15) is 11.3 Å². The van der Waals surface area contributed by atoms with E-state index in [9.17, 15) is 0 Å². The van der Waals surface area contributed by atoms with E-state index in [1.54, 1.807) is 0 Å². The fourth-order valence-electron chi connectivity index (χ4n) is 12.9. The molecule has 0 spiro atoms. The average Bonchev–Trinajstić information content (AvgIpc) is 1.67. The van der Waals surface area contributed by atoms with E-state index in [1.165, 1.54) is 26.1 Å². The summed E-state index contributed by atoms with van der Waals surface area (Å²) in [5.74, 6) is 3.53. The van der Waals surface area contributed by atoms with Gasteiger partial charge in [0.2, 0.25) is 11.9 Å². The minimum Gasteiger partial charge on any atom is -0.310 e. The van der Waals surface area contributed by atoms with Crippen molar-refractivity contribution in [3.8, 4) is 67.9 Å². The Morgan fingerprint density at radius 1 is 0.303 bits per heavy atom. The molecule has 11 aromatic carbocycles. The molecule has 11 heteroatoms. The van der Waals surface area contributed by atoms with Gasteiger partial charge in [0, 0.05) is 93.4 Å². The second kappa shape index (κ2) is 21.7. The molecule has 420 valence electrons. The molecule has 0 N–H and O–H groups in total. The van der Waals surface area contributed by atoms with Gasteiger partial charge in [0.05, 0.1) is 16.6 Å². The SMILES string of the molecule is c1ccc(-c2nc(-c3ccccc3)nc(-n3c4c(c5cc(N(c6ccccc6)c6ccccc6)ccc53)-c3sc5c(ccc6c5c5cc(N(c7ccccc7)c7ccccc7)ccc5n6-c5nc(-c6ccccc6)nc(-c6ccccc6)n5)c3CC4)n2)cc1. The maximum atomic E-state index is 5.42. The van der Waals surface area contributed by atoms with E-state index in [2.05, 4.69) is 237 Å². The Kier molecular flexibility index (Phi) is 12.6. The molecule has 0 aliphatic heterocycles. The van der Waals surface area contributed by atoms with Gasteiger partial charge >= 0.3 is 0 Å². The largest absolute Gasteiger partial charge is 0.310 e. The van der Waals surface area contributed by atoms with Gasteiger partial charge in [-0.2, -0.15) is 19.9 Å². The van der Waals surface area contributed by atoms with Crippen LogP contribution in [-0.2, 0) is 12.8 Å². The number of anilines is 6. The minimum absolute atomic E-state index is 0.537. The number of aromatic nitrogens is 8. The Balaban J connectivity index is 0.955. The number of hydrogen-bond acceptors (Lipinski definition) is 9. The molecule has 10 nitrogen and oxygen atoms in total. The van der Waals surface area contributed by atoms with Crippen molar-refractivity contribution < 1.29 is 0 Å². The number of para-hydroxylation sites is 4. The summed E-state index contributed by atoms with van der Waals surface area (Å²) in [7, 11) is 0. The van der Waals surface area contributed by atoms with E-state index < -0.39 is 0 Å². The summed E-state index contributed by atoms with van der Waals surface area (Å²) in [6.45, 7) is 0. The molecule has 0 saturated heterocycles. The Morgan fingerprint density at radius 3 is 1.08 bits per heavy atom. The maximum absolute atomic E-state index is 5.42. The predicted molar refractivity (Wildman–Crippen MR) is 364 cm³/mol. The third-order valence-electron chi connectivity index (χ3n) is 16.9. The molecular weight excluding hydrogens is 1110 g/mol. The standard InChI is InChI=1S/C78H52N10S/c1-9-25-51(26-10-1)73-79-74(52-27-11-2-12-28-52)82-77(81-73)87-65-45-41-59(85(55-33-17-5-18-34-55)56-35-19-6-20-36-56)49-63(65)69-67(87)47-43-61-62-44-48-68-70(72(62)89-71(61)69)64-50-60(86(57-37-21-7-22-38-57)58-39-23-8-24-40-58)42-46-66(64)88(68)78-83-75(53-29-13-3-14-30-53)80-76(84-78)54-31-15-4-16-32-54/h1-43,45-47,49-50H,44,48H2. The second-order valence-corrected chi connectivity index (χ2v) is 23.2. The third kappa shape index (κ3) is 9.01. The molecule has 16 aromatic rings. The lowest BCUT2D eigenvalue weighted by atomic mass is 9.92. The molecule has 89 heavy (non-hydrogen) atoms. The smallest absolute Gasteiger partial charge is 0.238 e. The summed E-state index contributed by atoms with van der Waals surface area (Å²) in [6.07, 6.45) is 1.54. The van der Waals surface area contributed by atoms with E-state index >= 15 is 0 Å². The predicted octanol–water partition coefficient (Wildman–Crippen LogP) is 19.7. The highest BCUT2D eigenvalue weighted by molar-refractivity contribution is 7.23. The van der Waals surface area contributed by atoms with Gasteiger partial charge in [0.15, 0.2) is 23.3 Å². The van der Waals surface area contributed by atoms with Crippen LogP contribution in [0.25, 0.3) is 111 Å². The summed E-state index contributed by atoms with van der Waals surface area (Å²) in [5.41, 5.74) is 16.6. The lowest BCUT2D eigenvalue weighted by Crippen LogP contribution is -2.11. The van der Waals surface area contributed by atoms with Crippen molar-refractivity contribution in [2.75, 3.05) is 9.80 Å². The summed E-state index contributed by atoms with van der Waals surface area (Å²) in [6, 6.07) is 102. The van der Waals surface area contributed by atoms with Crippen molar-refractivity contribution in [3.05, 3.63) is 302 Å². The first-order chi connectivity index (χ1) is 44.1. The first-order valence-corrected chi connectivity index (χ1v) is 30.7. The Hall–Kier alpha value is -11.7. The molecule has 17 rings (SSSR count). The molecule has 0 unspecified atom stereocenters. The van der Waals surface area contributed by atoms with Gasteiger partial charge in [-0.1, -0.05) is 200 Å². The molecule has 0 atom stereocenters. The zero-order valence-electron chi connectivity index (χ0n) is 48.0. The van der Waals surface area contributed by atoms with Crippen LogP contribution >= 0.6 is 11.3 Å². The molecular formula is C78H52N10S. The van der Waals surface area contributed by atoms with Crippen LogP contribution in [0.4, 0.5) is 34.1 Å². The monoisotopic (exact) mass is 1160 g/mol. The molecule has 1 aliphatic carbocycles. The van der Waals surface area contributed by atoms with Crippen LogP contribution in [0.3, 0.4) is 0 Å². The first kappa shape index (κ1) is 51.7.